The second-order valence-electron chi connectivity index (χ2n) is 4.84. The number of benzene rings is 1. The summed E-state index contributed by atoms with van der Waals surface area (Å²) < 4.78 is 1.88. The maximum Gasteiger partial charge on any atom is 0.310 e. The summed E-state index contributed by atoms with van der Waals surface area (Å²) in [6.07, 6.45) is 0. The SMILES string of the molecule is Cc1cc(SCc2ccc(C(C)C(=O)O)cc2)n(C)n1. The van der Waals surface area contributed by atoms with Gasteiger partial charge in [-0.1, -0.05) is 24.3 Å². The Morgan fingerprint density at radius 3 is 2.55 bits per heavy atom. The molecule has 1 N–H and O–H groups in total. The highest BCUT2D eigenvalue weighted by molar-refractivity contribution is 7.98. The van der Waals surface area contributed by atoms with Gasteiger partial charge in [0.05, 0.1) is 16.6 Å². The van der Waals surface area contributed by atoms with Gasteiger partial charge >= 0.3 is 5.97 Å². The Bertz CT molecular complexity index is 605. The monoisotopic (exact) mass is 290 g/mol. The topological polar surface area (TPSA) is 55.1 Å². The molecule has 20 heavy (non-hydrogen) atoms. The van der Waals surface area contributed by atoms with Crippen LogP contribution in [0.4, 0.5) is 0 Å². The molecule has 1 aromatic heterocycles. The van der Waals surface area contributed by atoms with Crippen molar-refractivity contribution in [2.24, 2.45) is 7.05 Å². The predicted molar refractivity (Wildman–Crippen MR) is 80.0 cm³/mol. The lowest BCUT2D eigenvalue weighted by atomic mass is 10.0. The Labute approximate surface area is 122 Å². The Hall–Kier alpha value is -1.75. The molecule has 0 aliphatic rings. The largest absolute Gasteiger partial charge is 0.481 e. The Kier molecular flexibility index (Phi) is 4.49. The minimum atomic E-state index is -0.794. The number of carboxylic acids is 1. The first-order chi connectivity index (χ1) is 9.47. The van der Waals surface area contributed by atoms with E-state index in [2.05, 4.69) is 11.2 Å². The van der Waals surface area contributed by atoms with Gasteiger partial charge in [0.1, 0.15) is 0 Å². The summed E-state index contributed by atoms with van der Waals surface area (Å²) in [5.74, 6) is -0.408. The van der Waals surface area contributed by atoms with Crippen molar-refractivity contribution in [3.05, 3.63) is 47.2 Å². The van der Waals surface area contributed by atoms with Gasteiger partial charge in [-0.25, -0.2) is 0 Å². The highest BCUT2D eigenvalue weighted by atomic mass is 32.2. The third kappa shape index (κ3) is 3.42. The molecule has 0 aliphatic heterocycles. The van der Waals surface area contributed by atoms with Crippen LogP contribution in [0.3, 0.4) is 0 Å². The number of aromatic nitrogens is 2. The van der Waals surface area contributed by atoms with Gasteiger partial charge in [0.15, 0.2) is 0 Å². The number of aryl methyl sites for hydroxylation is 2. The molecule has 1 heterocycles. The number of hydrogen-bond acceptors (Lipinski definition) is 3. The van der Waals surface area contributed by atoms with E-state index in [9.17, 15) is 4.79 Å². The second-order valence-corrected chi connectivity index (χ2v) is 5.83. The van der Waals surface area contributed by atoms with Gasteiger partial charge in [0.2, 0.25) is 0 Å². The first-order valence-corrected chi connectivity index (χ1v) is 7.41. The molecule has 0 aliphatic carbocycles. The predicted octanol–water partition coefficient (Wildman–Crippen LogP) is 3.21. The van der Waals surface area contributed by atoms with Crippen LogP contribution in [-0.2, 0) is 17.6 Å². The van der Waals surface area contributed by atoms with Crippen molar-refractivity contribution in [2.75, 3.05) is 0 Å². The van der Waals surface area contributed by atoms with Gasteiger partial charge < -0.3 is 5.11 Å². The van der Waals surface area contributed by atoms with E-state index in [1.807, 2.05) is 42.9 Å². The summed E-state index contributed by atoms with van der Waals surface area (Å²) in [5, 5.41) is 14.4. The zero-order valence-corrected chi connectivity index (χ0v) is 12.6. The molecule has 2 rings (SSSR count). The highest BCUT2D eigenvalue weighted by Crippen LogP contribution is 2.24. The van der Waals surface area contributed by atoms with E-state index in [-0.39, 0.29) is 0 Å². The van der Waals surface area contributed by atoms with Gasteiger partial charge in [0, 0.05) is 12.8 Å². The number of carboxylic acid groups (broad SMARTS) is 1. The summed E-state index contributed by atoms with van der Waals surface area (Å²) in [4.78, 5) is 10.9. The summed E-state index contributed by atoms with van der Waals surface area (Å²) in [7, 11) is 1.94. The lowest BCUT2D eigenvalue weighted by Gasteiger charge is -2.08. The lowest BCUT2D eigenvalue weighted by molar-refractivity contribution is -0.138. The van der Waals surface area contributed by atoms with Gasteiger partial charge in [-0.05, 0) is 31.0 Å². The van der Waals surface area contributed by atoms with Crippen LogP contribution >= 0.6 is 11.8 Å². The first-order valence-electron chi connectivity index (χ1n) is 6.42. The normalized spacial score (nSPS) is 12.3. The summed E-state index contributed by atoms with van der Waals surface area (Å²) >= 11 is 1.73. The Morgan fingerprint density at radius 2 is 2.05 bits per heavy atom. The first kappa shape index (κ1) is 14.7. The molecule has 0 bridgehead atoms. The number of rotatable bonds is 5. The molecule has 0 amide bonds. The highest BCUT2D eigenvalue weighted by Gasteiger charge is 2.13. The Balaban J connectivity index is 2.01. The molecule has 0 fully saturated rings. The van der Waals surface area contributed by atoms with Crippen molar-refractivity contribution in [2.45, 2.75) is 30.5 Å². The van der Waals surface area contributed by atoms with Crippen LogP contribution in [0, 0.1) is 6.92 Å². The van der Waals surface area contributed by atoms with E-state index >= 15 is 0 Å². The molecule has 1 aromatic carbocycles. The van der Waals surface area contributed by atoms with Crippen LogP contribution in [0.5, 0.6) is 0 Å². The van der Waals surface area contributed by atoms with Gasteiger partial charge in [-0.2, -0.15) is 5.10 Å². The fourth-order valence-corrected chi connectivity index (χ4v) is 2.91. The number of nitrogens with zero attached hydrogens (tertiary/aromatic N) is 2. The van der Waals surface area contributed by atoms with E-state index in [0.29, 0.717) is 0 Å². The fourth-order valence-electron chi connectivity index (χ4n) is 1.92. The number of aliphatic carboxylic acids is 1. The van der Waals surface area contributed by atoms with Crippen molar-refractivity contribution in [1.82, 2.24) is 9.78 Å². The van der Waals surface area contributed by atoms with Crippen molar-refractivity contribution in [3.63, 3.8) is 0 Å². The third-order valence-corrected chi connectivity index (χ3v) is 4.35. The zero-order chi connectivity index (χ0) is 14.7. The minimum absolute atomic E-state index is 0.462. The zero-order valence-electron chi connectivity index (χ0n) is 11.8. The molecule has 0 saturated heterocycles. The van der Waals surface area contributed by atoms with Gasteiger partial charge in [-0.15, -0.1) is 11.8 Å². The molecule has 0 spiro atoms. The number of carbonyl (C=O) groups is 1. The molecule has 1 unspecified atom stereocenters. The number of thioether (sulfide) groups is 1. The van der Waals surface area contributed by atoms with Gasteiger partial charge in [-0.3, -0.25) is 9.48 Å². The average Bonchev–Trinajstić information content (AvgIpc) is 2.74. The van der Waals surface area contributed by atoms with Crippen LogP contribution in [0.1, 0.15) is 29.7 Å². The molecule has 1 atom stereocenters. The molecule has 0 radical (unpaired) electrons. The number of hydrogen-bond donors (Lipinski definition) is 1. The fraction of sp³-hybridized carbons (Fsp3) is 0.333. The van der Waals surface area contributed by atoms with E-state index in [0.717, 1.165) is 22.0 Å². The van der Waals surface area contributed by atoms with E-state index < -0.39 is 11.9 Å². The average molecular weight is 290 g/mol. The summed E-state index contributed by atoms with van der Waals surface area (Å²) in [6, 6.07) is 9.83. The molecule has 2 aromatic rings. The minimum Gasteiger partial charge on any atom is -0.481 e. The third-order valence-electron chi connectivity index (χ3n) is 3.20. The molecule has 4 nitrogen and oxygen atoms in total. The standard InChI is InChI=1S/C15H18N2O2S/c1-10-8-14(17(3)16-10)20-9-12-4-6-13(7-5-12)11(2)15(18)19/h4-8,11H,9H2,1-3H3,(H,18,19). The molecule has 106 valence electrons. The molecule has 5 heteroatoms. The van der Waals surface area contributed by atoms with E-state index in [1.165, 1.54) is 5.56 Å². The van der Waals surface area contributed by atoms with E-state index in [1.54, 1.807) is 18.7 Å². The smallest absolute Gasteiger partial charge is 0.310 e. The maximum absolute atomic E-state index is 10.9. The molecular weight excluding hydrogens is 272 g/mol. The Morgan fingerprint density at radius 1 is 1.40 bits per heavy atom. The molecular formula is C15H18N2O2S. The quantitative estimate of drug-likeness (QED) is 0.859. The molecule has 0 saturated carbocycles. The van der Waals surface area contributed by atoms with Crippen molar-refractivity contribution in [1.29, 1.82) is 0 Å². The van der Waals surface area contributed by atoms with Crippen molar-refractivity contribution >= 4 is 17.7 Å². The van der Waals surface area contributed by atoms with Crippen molar-refractivity contribution < 1.29 is 9.90 Å². The summed E-state index contributed by atoms with van der Waals surface area (Å²) in [6.45, 7) is 3.68. The second kappa shape index (κ2) is 6.13. The van der Waals surface area contributed by atoms with Crippen LogP contribution in [0.2, 0.25) is 0 Å². The van der Waals surface area contributed by atoms with Crippen LogP contribution < -0.4 is 0 Å². The van der Waals surface area contributed by atoms with Crippen molar-refractivity contribution in [3.8, 4) is 0 Å². The van der Waals surface area contributed by atoms with E-state index in [4.69, 9.17) is 5.11 Å². The maximum atomic E-state index is 10.9. The van der Waals surface area contributed by atoms with Crippen LogP contribution in [0.15, 0.2) is 35.4 Å². The van der Waals surface area contributed by atoms with Crippen LogP contribution in [0.25, 0.3) is 0 Å². The van der Waals surface area contributed by atoms with Crippen LogP contribution in [-0.4, -0.2) is 20.9 Å². The van der Waals surface area contributed by atoms with Gasteiger partial charge in [0.25, 0.3) is 0 Å². The lowest BCUT2D eigenvalue weighted by Crippen LogP contribution is -2.07. The summed E-state index contributed by atoms with van der Waals surface area (Å²) in [5.41, 5.74) is 3.03.